The van der Waals surface area contributed by atoms with Gasteiger partial charge in [0.2, 0.25) is 0 Å². The summed E-state index contributed by atoms with van der Waals surface area (Å²) in [5.41, 5.74) is 1.92. The second-order valence-corrected chi connectivity index (χ2v) is 6.41. The Kier molecular flexibility index (Phi) is 4.50. The molecule has 0 atom stereocenters. The number of rotatable bonds is 4. The van der Waals surface area contributed by atoms with Crippen molar-refractivity contribution in [2.24, 2.45) is 0 Å². The molecule has 19 heavy (non-hydrogen) atoms. The summed E-state index contributed by atoms with van der Waals surface area (Å²) in [6, 6.07) is 11.6. The van der Waals surface area contributed by atoms with Crippen molar-refractivity contribution < 1.29 is 4.79 Å². The zero-order chi connectivity index (χ0) is 13.8. The first-order chi connectivity index (χ1) is 9.10. The number of carbonyl (C=O) groups excluding carboxylic acids is 1. The molecule has 1 amide bonds. The summed E-state index contributed by atoms with van der Waals surface area (Å²) in [5, 5.41) is 2.91. The summed E-state index contributed by atoms with van der Waals surface area (Å²) in [4.78, 5) is 14.8. The Morgan fingerprint density at radius 1 is 1.16 bits per heavy atom. The van der Waals surface area contributed by atoms with Crippen LogP contribution in [0.3, 0.4) is 0 Å². The molecule has 1 heterocycles. The Bertz CT molecular complexity index is 561. The molecule has 0 saturated heterocycles. The zero-order valence-electron chi connectivity index (χ0n) is 11.1. The summed E-state index contributed by atoms with van der Waals surface area (Å²) >= 11 is 3.16. The lowest BCUT2D eigenvalue weighted by molar-refractivity contribution is 0.103. The van der Waals surface area contributed by atoms with Gasteiger partial charge in [0.05, 0.1) is 9.09 Å². The van der Waals surface area contributed by atoms with Crippen molar-refractivity contribution in [1.29, 1.82) is 0 Å². The molecular formula is C14H16N2OS2. The van der Waals surface area contributed by atoms with Crippen molar-refractivity contribution in [2.75, 3.05) is 30.6 Å². The normalized spacial score (nSPS) is 10.3. The van der Waals surface area contributed by atoms with Gasteiger partial charge in [-0.25, -0.2) is 0 Å². The van der Waals surface area contributed by atoms with Gasteiger partial charge in [-0.15, -0.1) is 23.1 Å². The number of anilines is 2. The molecule has 1 N–H and O–H groups in total. The van der Waals surface area contributed by atoms with E-state index in [0.717, 1.165) is 20.5 Å². The van der Waals surface area contributed by atoms with E-state index >= 15 is 0 Å². The predicted molar refractivity (Wildman–Crippen MR) is 84.8 cm³/mol. The summed E-state index contributed by atoms with van der Waals surface area (Å²) in [7, 11) is 3.98. The number of amides is 1. The molecule has 0 fully saturated rings. The van der Waals surface area contributed by atoms with Crippen LogP contribution < -0.4 is 10.2 Å². The SMILES string of the molecule is CSc1ccc(C(=O)Nc2ccc(N(C)C)cc2)s1. The Morgan fingerprint density at radius 2 is 1.84 bits per heavy atom. The summed E-state index contributed by atoms with van der Waals surface area (Å²) in [5.74, 6) is -0.0529. The van der Waals surface area contributed by atoms with Crippen LogP contribution in [0.2, 0.25) is 0 Å². The molecule has 1 aromatic carbocycles. The molecule has 0 aliphatic heterocycles. The minimum absolute atomic E-state index is 0.0529. The lowest BCUT2D eigenvalue weighted by Gasteiger charge is -2.12. The number of carbonyl (C=O) groups is 1. The van der Waals surface area contributed by atoms with Crippen LogP contribution in [-0.2, 0) is 0 Å². The first-order valence-corrected chi connectivity index (χ1v) is 7.87. The molecule has 0 unspecified atom stereocenters. The highest BCUT2D eigenvalue weighted by molar-refractivity contribution is 8.00. The van der Waals surface area contributed by atoms with E-state index in [1.807, 2.05) is 61.6 Å². The third kappa shape index (κ3) is 3.52. The van der Waals surface area contributed by atoms with Gasteiger partial charge in [0, 0.05) is 25.5 Å². The molecule has 2 aromatic rings. The molecule has 0 radical (unpaired) electrons. The summed E-state index contributed by atoms with van der Waals surface area (Å²) in [6.07, 6.45) is 2.01. The second-order valence-electron chi connectivity index (χ2n) is 4.22. The van der Waals surface area contributed by atoms with Gasteiger partial charge in [0.25, 0.3) is 5.91 Å². The molecule has 0 saturated carbocycles. The third-order valence-corrected chi connectivity index (χ3v) is 4.81. The predicted octanol–water partition coefficient (Wildman–Crippen LogP) is 3.79. The molecule has 5 heteroatoms. The number of nitrogens with one attached hydrogen (secondary N) is 1. The highest BCUT2D eigenvalue weighted by atomic mass is 32.2. The smallest absolute Gasteiger partial charge is 0.265 e. The minimum atomic E-state index is -0.0529. The van der Waals surface area contributed by atoms with Gasteiger partial charge in [-0.05, 0) is 42.7 Å². The monoisotopic (exact) mass is 292 g/mol. The van der Waals surface area contributed by atoms with Gasteiger partial charge >= 0.3 is 0 Å². The molecular weight excluding hydrogens is 276 g/mol. The van der Waals surface area contributed by atoms with E-state index in [1.165, 1.54) is 11.3 Å². The van der Waals surface area contributed by atoms with Crippen LogP contribution in [0.25, 0.3) is 0 Å². The maximum atomic E-state index is 12.0. The first kappa shape index (κ1) is 14.0. The van der Waals surface area contributed by atoms with Crippen LogP contribution in [0.4, 0.5) is 11.4 Å². The van der Waals surface area contributed by atoms with Crippen molar-refractivity contribution in [3.8, 4) is 0 Å². The van der Waals surface area contributed by atoms with Crippen molar-refractivity contribution in [2.45, 2.75) is 4.21 Å². The Morgan fingerprint density at radius 3 is 2.37 bits per heavy atom. The average molecular weight is 292 g/mol. The first-order valence-electron chi connectivity index (χ1n) is 5.82. The standard InChI is InChI=1S/C14H16N2OS2/c1-16(2)11-6-4-10(5-7-11)15-14(17)12-8-9-13(18-3)19-12/h4-9H,1-3H3,(H,15,17). The summed E-state index contributed by atoms with van der Waals surface area (Å²) < 4.78 is 1.15. The van der Waals surface area contributed by atoms with Gasteiger partial charge in [-0.2, -0.15) is 0 Å². The third-order valence-electron chi connectivity index (χ3n) is 2.65. The largest absolute Gasteiger partial charge is 0.378 e. The van der Waals surface area contributed by atoms with Crippen molar-refractivity contribution >= 4 is 40.4 Å². The van der Waals surface area contributed by atoms with E-state index in [-0.39, 0.29) is 5.91 Å². The van der Waals surface area contributed by atoms with Crippen LogP contribution in [0.5, 0.6) is 0 Å². The van der Waals surface area contributed by atoms with E-state index < -0.39 is 0 Å². The van der Waals surface area contributed by atoms with Crippen LogP contribution in [0.15, 0.2) is 40.6 Å². The van der Waals surface area contributed by atoms with Crippen molar-refractivity contribution in [3.63, 3.8) is 0 Å². The van der Waals surface area contributed by atoms with Crippen molar-refractivity contribution in [1.82, 2.24) is 0 Å². The average Bonchev–Trinajstić information content (AvgIpc) is 2.88. The Balaban J connectivity index is 2.06. The fraction of sp³-hybridized carbons (Fsp3) is 0.214. The molecule has 0 aliphatic rings. The Hall–Kier alpha value is -1.46. The van der Waals surface area contributed by atoms with E-state index in [2.05, 4.69) is 5.32 Å². The number of thioether (sulfide) groups is 1. The number of benzene rings is 1. The summed E-state index contributed by atoms with van der Waals surface area (Å²) in [6.45, 7) is 0. The van der Waals surface area contributed by atoms with Crippen LogP contribution in [0.1, 0.15) is 9.67 Å². The lowest BCUT2D eigenvalue weighted by atomic mass is 10.2. The zero-order valence-corrected chi connectivity index (χ0v) is 12.8. The number of hydrogen-bond acceptors (Lipinski definition) is 4. The van der Waals surface area contributed by atoms with Gasteiger partial charge in [-0.1, -0.05) is 0 Å². The molecule has 0 bridgehead atoms. The quantitative estimate of drug-likeness (QED) is 0.870. The van der Waals surface area contributed by atoms with Crippen LogP contribution in [0, 0.1) is 0 Å². The number of nitrogens with zero attached hydrogens (tertiary/aromatic N) is 1. The molecule has 3 nitrogen and oxygen atoms in total. The van der Waals surface area contributed by atoms with E-state index in [0.29, 0.717) is 0 Å². The van der Waals surface area contributed by atoms with Gasteiger partial charge in [0.15, 0.2) is 0 Å². The van der Waals surface area contributed by atoms with Crippen LogP contribution in [-0.4, -0.2) is 26.3 Å². The highest BCUT2D eigenvalue weighted by Crippen LogP contribution is 2.26. The maximum Gasteiger partial charge on any atom is 0.265 e. The molecule has 100 valence electrons. The molecule has 2 rings (SSSR count). The van der Waals surface area contributed by atoms with Gasteiger partial charge in [-0.3, -0.25) is 4.79 Å². The van der Waals surface area contributed by atoms with E-state index in [4.69, 9.17) is 0 Å². The second kappa shape index (κ2) is 6.12. The number of hydrogen-bond donors (Lipinski definition) is 1. The van der Waals surface area contributed by atoms with Gasteiger partial charge < -0.3 is 10.2 Å². The fourth-order valence-corrected chi connectivity index (χ4v) is 3.03. The maximum absolute atomic E-state index is 12.0. The molecule has 0 aliphatic carbocycles. The Labute approximate surface area is 121 Å². The van der Waals surface area contributed by atoms with E-state index in [1.54, 1.807) is 11.8 Å². The van der Waals surface area contributed by atoms with Crippen LogP contribution >= 0.6 is 23.1 Å². The topological polar surface area (TPSA) is 32.3 Å². The minimum Gasteiger partial charge on any atom is -0.378 e. The number of thiophene rings is 1. The van der Waals surface area contributed by atoms with Gasteiger partial charge in [0.1, 0.15) is 0 Å². The highest BCUT2D eigenvalue weighted by Gasteiger charge is 2.09. The van der Waals surface area contributed by atoms with E-state index in [9.17, 15) is 4.79 Å². The van der Waals surface area contributed by atoms with Crippen molar-refractivity contribution in [3.05, 3.63) is 41.3 Å². The lowest BCUT2D eigenvalue weighted by Crippen LogP contribution is -2.11. The molecule has 0 spiro atoms. The molecule has 1 aromatic heterocycles. The fourth-order valence-electron chi connectivity index (χ4n) is 1.59.